The maximum Gasteiger partial charge on any atom is 0.257 e. The highest BCUT2D eigenvalue weighted by molar-refractivity contribution is 6.46. The first-order valence-electron chi connectivity index (χ1n) is 4.93. The van der Waals surface area contributed by atoms with Crippen LogP contribution in [-0.4, -0.2) is 9.97 Å². The number of aromatic amines is 1. The lowest BCUT2D eigenvalue weighted by atomic mass is 10.1. The summed E-state index contributed by atoms with van der Waals surface area (Å²) in [5, 5.41) is 2.78. The zero-order chi connectivity index (χ0) is 12.0. The first-order chi connectivity index (χ1) is 8.18. The van der Waals surface area contributed by atoms with Crippen molar-refractivity contribution in [3.8, 4) is 0 Å². The van der Waals surface area contributed by atoms with Crippen molar-refractivity contribution in [1.29, 1.82) is 0 Å². The van der Waals surface area contributed by atoms with Gasteiger partial charge in [0.05, 0.1) is 10.0 Å². The van der Waals surface area contributed by atoms with E-state index < -0.39 is 0 Å². The molecule has 3 rings (SSSR count). The molecule has 0 aliphatic carbocycles. The van der Waals surface area contributed by atoms with Gasteiger partial charge >= 0.3 is 0 Å². The molecule has 1 aromatic carbocycles. The summed E-state index contributed by atoms with van der Waals surface area (Å²) in [4.78, 5) is 18.6. The van der Waals surface area contributed by atoms with Crippen LogP contribution < -0.4 is 5.56 Å². The van der Waals surface area contributed by atoms with Crippen LogP contribution in [0.15, 0.2) is 35.3 Å². The Hall–Kier alpha value is -1.58. The maximum absolute atomic E-state index is 11.8. The minimum Gasteiger partial charge on any atom is -0.306 e. The van der Waals surface area contributed by atoms with Gasteiger partial charge in [-0.15, -0.1) is 0 Å². The summed E-state index contributed by atoms with van der Waals surface area (Å²) >= 11 is 12.1. The minimum atomic E-state index is -0.181. The lowest BCUT2D eigenvalue weighted by Crippen LogP contribution is -2.07. The van der Waals surface area contributed by atoms with Crippen molar-refractivity contribution in [2.24, 2.45) is 0 Å². The van der Waals surface area contributed by atoms with Crippen molar-refractivity contribution in [2.75, 3.05) is 0 Å². The van der Waals surface area contributed by atoms with Crippen molar-refractivity contribution in [3.63, 3.8) is 0 Å². The largest absolute Gasteiger partial charge is 0.306 e. The minimum absolute atomic E-state index is 0.181. The van der Waals surface area contributed by atoms with Gasteiger partial charge in [-0.3, -0.25) is 4.79 Å². The molecule has 0 unspecified atom stereocenters. The summed E-state index contributed by atoms with van der Waals surface area (Å²) in [6.07, 6.45) is 1.43. The molecule has 0 radical (unpaired) electrons. The van der Waals surface area contributed by atoms with Crippen LogP contribution in [0.5, 0.6) is 0 Å². The standard InChI is InChI=1S/C12H6Cl2N2O/c13-8-5-15-11-9(10(8)14)6-3-1-2-4-7(6)12(17)16-11/h1-5H,(H,15,16,17). The highest BCUT2D eigenvalue weighted by Gasteiger charge is 2.11. The van der Waals surface area contributed by atoms with Gasteiger partial charge in [0.2, 0.25) is 0 Å². The molecule has 0 atom stereocenters. The third kappa shape index (κ3) is 1.51. The van der Waals surface area contributed by atoms with Crippen molar-refractivity contribution in [2.45, 2.75) is 0 Å². The Balaban J connectivity index is 2.71. The Labute approximate surface area is 106 Å². The number of hydrogen-bond acceptors (Lipinski definition) is 2. The molecule has 5 heteroatoms. The molecule has 0 bridgehead atoms. The number of fused-ring (bicyclic) bond motifs is 3. The summed E-state index contributed by atoms with van der Waals surface area (Å²) in [5.74, 6) is 0. The Morgan fingerprint density at radius 1 is 1.12 bits per heavy atom. The van der Waals surface area contributed by atoms with Crippen LogP contribution in [0.2, 0.25) is 10.0 Å². The van der Waals surface area contributed by atoms with Crippen molar-refractivity contribution in [3.05, 3.63) is 50.9 Å². The lowest BCUT2D eigenvalue weighted by molar-refractivity contribution is 1.25. The molecule has 0 aliphatic rings. The van der Waals surface area contributed by atoms with Crippen LogP contribution >= 0.6 is 23.2 Å². The second-order valence-corrected chi connectivity index (χ2v) is 4.43. The molecule has 2 heterocycles. The van der Waals surface area contributed by atoms with Gasteiger partial charge < -0.3 is 4.98 Å². The van der Waals surface area contributed by atoms with Gasteiger partial charge in [0.1, 0.15) is 5.65 Å². The lowest BCUT2D eigenvalue weighted by Gasteiger charge is -2.05. The summed E-state index contributed by atoms with van der Waals surface area (Å²) < 4.78 is 0. The van der Waals surface area contributed by atoms with Gasteiger partial charge in [-0.1, -0.05) is 41.4 Å². The van der Waals surface area contributed by atoms with E-state index in [-0.39, 0.29) is 5.56 Å². The fourth-order valence-corrected chi connectivity index (χ4v) is 2.26. The molecule has 0 fully saturated rings. The summed E-state index contributed by atoms with van der Waals surface area (Å²) in [5.41, 5.74) is 0.266. The topological polar surface area (TPSA) is 45.8 Å². The number of nitrogens with one attached hydrogen (secondary N) is 1. The quantitative estimate of drug-likeness (QED) is 0.633. The van der Waals surface area contributed by atoms with E-state index in [9.17, 15) is 4.79 Å². The molecule has 0 aliphatic heterocycles. The van der Waals surface area contributed by atoms with Crippen molar-refractivity contribution in [1.82, 2.24) is 9.97 Å². The molecule has 84 valence electrons. The maximum atomic E-state index is 11.8. The van der Waals surface area contributed by atoms with Crippen LogP contribution in [0.1, 0.15) is 0 Å². The molecule has 0 saturated heterocycles. The first kappa shape index (κ1) is 10.6. The highest BCUT2D eigenvalue weighted by Crippen LogP contribution is 2.32. The first-order valence-corrected chi connectivity index (χ1v) is 5.69. The number of benzene rings is 1. The molecular weight excluding hydrogens is 259 g/mol. The zero-order valence-electron chi connectivity index (χ0n) is 8.50. The number of nitrogens with zero attached hydrogens (tertiary/aromatic N) is 1. The normalized spacial score (nSPS) is 11.2. The SMILES string of the molecule is O=c1[nH]c2ncc(Cl)c(Cl)c2c2ccccc12. The number of rotatable bonds is 0. The van der Waals surface area contributed by atoms with E-state index in [1.807, 2.05) is 12.1 Å². The second kappa shape index (κ2) is 3.72. The second-order valence-electron chi connectivity index (χ2n) is 3.64. The van der Waals surface area contributed by atoms with Crippen LogP contribution in [0.4, 0.5) is 0 Å². The van der Waals surface area contributed by atoms with E-state index in [0.29, 0.717) is 26.5 Å². The van der Waals surface area contributed by atoms with Crippen LogP contribution in [0.25, 0.3) is 21.8 Å². The van der Waals surface area contributed by atoms with E-state index in [4.69, 9.17) is 23.2 Å². The molecule has 3 nitrogen and oxygen atoms in total. The molecular formula is C12H6Cl2N2O. The molecule has 2 aromatic heterocycles. The molecule has 17 heavy (non-hydrogen) atoms. The smallest absolute Gasteiger partial charge is 0.257 e. The average Bonchev–Trinajstić information content (AvgIpc) is 2.34. The Morgan fingerprint density at radius 2 is 1.82 bits per heavy atom. The number of halogens is 2. The molecule has 0 spiro atoms. The number of hydrogen-bond donors (Lipinski definition) is 1. The van der Waals surface area contributed by atoms with Crippen LogP contribution in [0, 0.1) is 0 Å². The molecule has 0 amide bonds. The van der Waals surface area contributed by atoms with Gasteiger partial charge in [0.15, 0.2) is 0 Å². The van der Waals surface area contributed by atoms with E-state index in [2.05, 4.69) is 9.97 Å². The van der Waals surface area contributed by atoms with E-state index >= 15 is 0 Å². The Bertz CT molecular complexity index is 795. The number of aromatic nitrogens is 2. The zero-order valence-corrected chi connectivity index (χ0v) is 10.0. The summed E-state index contributed by atoms with van der Waals surface area (Å²) in [7, 11) is 0. The summed E-state index contributed by atoms with van der Waals surface area (Å²) in [6.45, 7) is 0. The van der Waals surface area contributed by atoms with E-state index in [0.717, 1.165) is 5.39 Å². The fraction of sp³-hybridized carbons (Fsp3) is 0. The molecule has 3 aromatic rings. The van der Waals surface area contributed by atoms with Gasteiger partial charge in [-0.25, -0.2) is 4.98 Å². The van der Waals surface area contributed by atoms with Gasteiger partial charge in [-0.2, -0.15) is 0 Å². The van der Waals surface area contributed by atoms with Crippen molar-refractivity contribution >= 4 is 45.0 Å². The predicted octanol–water partition coefficient (Wildman–Crippen LogP) is 3.38. The van der Waals surface area contributed by atoms with E-state index in [1.54, 1.807) is 12.1 Å². The van der Waals surface area contributed by atoms with Crippen LogP contribution in [0.3, 0.4) is 0 Å². The van der Waals surface area contributed by atoms with Crippen LogP contribution in [-0.2, 0) is 0 Å². The number of H-pyrrole nitrogens is 1. The third-order valence-corrected chi connectivity index (χ3v) is 3.42. The Morgan fingerprint density at radius 3 is 2.59 bits per heavy atom. The van der Waals surface area contributed by atoms with Gasteiger partial charge in [0.25, 0.3) is 5.56 Å². The predicted molar refractivity (Wildman–Crippen MR) is 69.9 cm³/mol. The van der Waals surface area contributed by atoms with Gasteiger partial charge in [0, 0.05) is 17.0 Å². The fourth-order valence-electron chi connectivity index (χ4n) is 1.88. The molecule has 0 saturated carbocycles. The highest BCUT2D eigenvalue weighted by atomic mass is 35.5. The van der Waals surface area contributed by atoms with Gasteiger partial charge in [-0.05, 0) is 11.5 Å². The summed E-state index contributed by atoms with van der Waals surface area (Å²) in [6, 6.07) is 7.22. The molecule has 1 N–H and O–H groups in total. The van der Waals surface area contributed by atoms with E-state index in [1.165, 1.54) is 6.20 Å². The van der Waals surface area contributed by atoms with Crippen molar-refractivity contribution < 1.29 is 0 Å². The number of pyridine rings is 2. The monoisotopic (exact) mass is 264 g/mol. The third-order valence-electron chi connectivity index (χ3n) is 2.65. The average molecular weight is 265 g/mol. The Kier molecular flexibility index (Phi) is 2.31.